The van der Waals surface area contributed by atoms with E-state index in [0.717, 1.165) is 109 Å². The Hall–Kier alpha value is -2.78. The first-order valence-corrected chi connectivity index (χ1v) is 26.0. The number of carbonyl (C=O) groups is 3. The third-order valence-corrected chi connectivity index (χ3v) is 12.0. The summed E-state index contributed by atoms with van der Waals surface area (Å²) in [5.41, 5.74) is 0. The van der Waals surface area contributed by atoms with Crippen molar-refractivity contribution in [2.45, 2.75) is 224 Å². The highest BCUT2D eigenvalue weighted by atomic mass is 31.2. The third kappa shape index (κ3) is 31.8. The number of aliphatic hydroxyl groups is 5. The number of ether oxygens (including phenoxy) is 2. The Morgan fingerprint density at radius 1 is 0.523 bits per heavy atom. The van der Waals surface area contributed by atoms with Crippen LogP contribution < -0.4 is 0 Å². The molecule has 0 aliphatic heterocycles. The lowest BCUT2D eigenvalue weighted by molar-refractivity contribution is -0.220. The van der Waals surface area contributed by atoms with E-state index in [9.17, 15) is 49.4 Å². The van der Waals surface area contributed by atoms with E-state index in [-0.39, 0.29) is 18.6 Å². The number of allylic oxidation sites excluding steroid dienone is 10. The van der Waals surface area contributed by atoms with Gasteiger partial charge < -0.3 is 39.9 Å². The fraction of sp³-hybridized carbons (Fsp3) is 0.740. The van der Waals surface area contributed by atoms with Crippen LogP contribution in [0.1, 0.15) is 181 Å². The van der Waals surface area contributed by atoms with Crippen molar-refractivity contribution in [3.8, 4) is 0 Å². The van der Waals surface area contributed by atoms with Gasteiger partial charge in [-0.05, 0) is 76.7 Å². The molecule has 0 radical (unpaired) electrons. The minimum atomic E-state index is -5.15. The topological polar surface area (TPSA) is 227 Å². The molecule has 0 aromatic carbocycles. The Balaban J connectivity index is 2.47. The van der Waals surface area contributed by atoms with E-state index in [1.165, 1.54) is 25.7 Å². The second-order valence-corrected chi connectivity index (χ2v) is 18.4. The minimum absolute atomic E-state index is 0.0621. The summed E-state index contributed by atoms with van der Waals surface area (Å²) < 4.78 is 33.5. The van der Waals surface area contributed by atoms with Crippen molar-refractivity contribution in [2.24, 2.45) is 0 Å². The Morgan fingerprint density at radius 2 is 0.969 bits per heavy atom. The molecule has 0 saturated heterocycles. The van der Waals surface area contributed by atoms with Crippen LogP contribution in [0.2, 0.25) is 0 Å². The number of phosphoric ester groups is 1. The van der Waals surface area contributed by atoms with Gasteiger partial charge in [-0.15, -0.1) is 0 Å². The molecule has 8 atom stereocenters. The molecule has 6 N–H and O–H groups in total. The summed E-state index contributed by atoms with van der Waals surface area (Å²) in [5.74, 6) is -1.03. The molecule has 3 unspecified atom stereocenters. The highest BCUT2D eigenvalue weighted by Crippen LogP contribution is 2.47. The van der Waals surface area contributed by atoms with Gasteiger partial charge in [0.15, 0.2) is 11.9 Å². The normalized spacial score (nSPS) is 21.8. The number of hydrogen-bond acceptors (Lipinski definition) is 13. The maximum absolute atomic E-state index is 12.8. The molecule has 374 valence electrons. The first-order chi connectivity index (χ1) is 31.3. The maximum Gasteiger partial charge on any atom is 0.472 e. The van der Waals surface area contributed by atoms with Crippen LogP contribution in [0.15, 0.2) is 60.8 Å². The molecule has 0 aromatic heterocycles. The van der Waals surface area contributed by atoms with E-state index >= 15 is 0 Å². The molecule has 0 amide bonds. The van der Waals surface area contributed by atoms with Crippen LogP contribution in [0.25, 0.3) is 0 Å². The molecule has 0 aromatic rings. The van der Waals surface area contributed by atoms with E-state index < -0.39 is 75.7 Å². The lowest BCUT2D eigenvalue weighted by Crippen LogP contribution is -2.64. The molecule has 0 bridgehead atoms. The summed E-state index contributed by atoms with van der Waals surface area (Å²) >= 11 is 0. The number of rotatable bonds is 40. The van der Waals surface area contributed by atoms with Gasteiger partial charge in [-0.1, -0.05) is 146 Å². The SMILES string of the molecule is CCCCCC/C=C\C/C=C\C/C=C\CCCCCCCCC(=O)O[C@H](COC(=O)CCCCCCC/C=C\C=C\C(=O)CCCCC)COP(=O)(O)OC1[C@H](O)[C@H](O)C(O)[C@H](O)[C@H]1O. The number of esters is 2. The van der Waals surface area contributed by atoms with Crippen molar-refractivity contribution in [2.75, 3.05) is 13.2 Å². The Bertz CT molecular complexity index is 1430. The maximum atomic E-state index is 12.8. The predicted molar refractivity (Wildman–Crippen MR) is 254 cm³/mol. The number of unbranched alkanes of at least 4 members (excludes halogenated alkanes) is 17. The highest BCUT2D eigenvalue weighted by molar-refractivity contribution is 7.47. The second-order valence-electron chi connectivity index (χ2n) is 17.0. The zero-order valence-electron chi connectivity index (χ0n) is 39.5. The summed E-state index contributed by atoms with van der Waals surface area (Å²) in [7, 11) is -5.15. The van der Waals surface area contributed by atoms with Gasteiger partial charge in [-0.2, -0.15) is 0 Å². The van der Waals surface area contributed by atoms with Crippen molar-refractivity contribution in [3.63, 3.8) is 0 Å². The summed E-state index contributed by atoms with van der Waals surface area (Å²) in [6.45, 7) is 3.09. The Morgan fingerprint density at radius 3 is 1.54 bits per heavy atom. The van der Waals surface area contributed by atoms with Gasteiger partial charge in [-0.3, -0.25) is 23.4 Å². The molecule has 1 aliphatic rings. The first-order valence-electron chi connectivity index (χ1n) is 24.5. The van der Waals surface area contributed by atoms with Crippen molar-refractivity contribution in [3.05, 3.63) is 60.8 Å². The first kappa shape index (κ1) is 60.2. The lowest BCUT2D eigenvalue weighted by atomic mass is 9.85. The second kappa shape index (κ2) is 39.2. The Labute approximate surface area is 389 Å². The third-order valence-electron chi connectivity index (χ3n) is 11.1. The van der Waals surface area contributed by atoms with E-state index in [2.05, 4.69) is 50.3 Å². The van der Waals surface area contributed by atoms with Gasteiger partial charge in [0.25, 0.3) is 0 Å². The fourth-order valence-corrected chi connectivity index (χ4v) is 8.01. The minimum Gasteiger partial charge on any atom is -0.462 e. The molecule has 0 spiro atoms. The summed E-state index contributed by atoms with van der Waals surface area (Å²) in [4.78, 5) is 47.5. The van der Waals surface area contributed by atoms with Gasteiger partial charge >= 0.3 is 19.8 Å². The van der Waals surface area contributed by atoms with Crippen LogP contribution in [-0.2, 0) is 37.5 Å². The van der Waals surface area contributed by atoms with Crippen molar-refractivity contribution in [1.29, 1.82) is 0 Å². The highest BCUT2D eigenvalue weighted by Gasteiger charge is 2.51. The number of ketones is 1. The average Bonchev–Trinajstić information content (AvgIpc) is 3.28. The molecule has 1 saturated carbocycles. The molecular formula is C50H85O14P. The van der Waals surface area contributed by atoms with Crippen molar-refractivity contribution >= 4 is 25.5 Å². The van der Waals surface area contributed by atoms with Crippen LogP contribution in [0.3, 0.4) is 0 Å². The van der Waals surface area contributed by atoms with Gasteiger partial charge in [0.2, 0.25) is 0 Å². The molecular weight excluding hydrogens is 856 g/mol. The zero-order valence-corrected chi connectivity index (χ0v) is 40.4. The zero-order chi connectivity index (χ0) is 48.0. The Kier molecular flexibility index (Phi) is 36.4. The van der Waals surface area contributed by atoms with Gasteiger partial charge in [0.1, 0.15) is 43.2 Å². The van der Waals surface area contributed by atoms with Crippen molar-refractivity contribution < 1.29 is 67.9 Å². The van der Waals surface area contributed by atoms with E-state index in [1.807, 2.05) is 12.2 Å². The van der Waals surface area contributed by atoms with Crippen LogP contribution in [0.4, 0.5) is 0 Å². The van der Waals surface area contributed by atoms with E-state index in [0.29, 0.717) is 19.3 Å². The monoisotopic (exact) mass is 941 g/mol. The van der Waals surface area contributed by atoms with E-state index in [1.54, 1.807) is 12.2 Å². The largest absolute Gasteiger partial charge is 0.472 e. The molecule has 65 heavy (non-hydrogen) atoms. The van der Waals surface area contributed by atoms with Crippen LogP contribution >= 0.6 is 7.82 Å². The summed E-state index contributed by atoms with van der Waals surface area (Å²) in [6.07, 6.45) is 31.0. The van der Waals surface area contributed by atoms with Gasteiger partial charge in [-0.25, -0.2) is 4.57 Å². The lowest BCUT2D eigenvalue weighted by Gasteiger charge is -2.41. The number of carbonyl (C=O) groups excluding carboxylic acids is 3. The van der Waals surface area contributed by atoms with Crippen LogP contribution in [0.5, 0.6) is 0 Å². The fourth-order valence-electron chi connectivity index (χ4n) is 7.04. The quantitative estimate of drug-likeness (QED) is 0.00841. The van der Waals surface area contributed by atoms with Crippen LogP contribution in [-0.4, -0.2) is 104 Å². The molecule has 1 rings (SSSR count). The smallest absolute Gasteiger partial charge is 0.462 e. The summed E-state index contributed by atoms with van der Waals surface area (Å²) in [5, 5.41) is 50.2. The van der Waals surface area contributed by atoms with Crippen LogP contribution in [0, 0.1) is 0 Å². The van der Waals surface area contributed by atoms with Gasteiger partial charge in [0, 0.05) is 19.3 Å². The van der Waals surface area contributed by atoms with Gasteiger partial charge in [0.05, 0.1) is 6.61 Å². The number of hydrogen-bond donors (Lipinski definition) is 6. The molecule has 0 heterocycles. The number of phosphoric acid groups is 1. The predicted octanol–water partition coefficient (Wildman–Crippen LogP) is 9.29. The number of aliphatic hydroxyl groups excluding tert-OH is 5. The molecule has 14 nitrogen and oxygen atoms in total. The molecule has 15 heteroatoms. The average molecular weight is 941 g/mol. The molecule has 1 fully saturated rings. The summed E-state index contributed by atoms with van der Waals surface area (Å²) in [6, 6.07) is 0. The van der Waals surface area contributed by atoms with E-state index in [4.69, 9.17) is 18.5 Å². The van der Waals surface area contributed by atoms with Crippen molar-refractivity contribution in [1.82, 2.24) is 0 Å². The molecule has 1 aliphatic carbocycles. The standard InChI is InChI=1S/C50H85O14P/c1-3-5-7-8-9-10-11-12-13-14-15-16-17-18-19-20-23-27-30-34-38-44(53)63-42(40-62-65(59,60)64-50-48(57)46(55)45(54)47(56)49(50)58)39-61-43(52)37-33-29-26-24-21-22-25-28-32-36-41(51)35-31-6-4-2/h10-11,13-14,16-17,25,28,32,36,42,45-50,54-58H,3-9,12,15,18-24,26-27,29-31,33-35,37-40H2,1-2H3,(H,59,60)/b11-10-,14-13-,17-16-,28-25-,36-32+/t42-,45?,46-,47+,48-,49-,50?/m1/s1.